The molecule has 0 aliphatic rings. The van der Waals surface area contributed by atoms with Gasteiger partial charge >= 0.3 is 0 Å². The maximum absolute atomic E-state index is 11.9. The van der Waals surface area contributed by atoms with Crippen molar-refractivity contribution in [2.75, 3.05) is 6.54 Å². The highest BCUT2D eigenvalue weighted by Crippen LogP contribution is 2.20. The summed E-state index contributed by atoms with van der Waals surface area (Å²) in [4.78, 5) is 16.4. The second kappa shape index (κ2) is 4.92. The van der Waals surface area contributed by atoms with Gasteiger partial charge < -0.3 is 9.88 Å². The topological polar surface area (TPSA) is 46.9 Å². The van der Waals surface area contributed by atoms with Crippen LogP contribution in [0.15, 0.2) is 24.3 Å². The summed E-state index contributed by atoms with van der Waals surface area (Å²) in [5, 5.41) is 2.69. The molecular formula is C14H15N3O. The van der Waals surface area contributed by atoms with E-state index in [1.54, 1.807) is 0 Å². The van der Waals surface area contributed by atoms with Gasteiger partial charge in [-0.25, -0.2) is 4.98 Å². The van der Waals surface area contributed by atoms with E-state index < -0.39 is 0 Å². The van der Waals surface area contributed by atoms with Gasteiger partial charge in [0, 0.05) is 0 Å². The number of amides is 1. The van der Waals surface area contributed by atoms with Crippen LogP contribution in [0.3, 0.4) is 0 Å². The number of terminal acetylenes is 1. The predicted octanol–water partition coefficient (Wildman–Crippen LogP) is 1.66. The lowest BCUT2D eigenvalue weighted by molar-refractivity contribution is -0.123. The molecule has 0 radical (unpaired) electrons. The first-order valence-electron chi connectivity index (χ1n) is 5.80. The van der Waals surface area contributed by atoms with Crippen molar-refractivity contribution < 1.29 is 4.79 Å². The number of nitrogens with zero attached hydrogens (tertiary/aromatic N) is 2. The Bertz CT molecular complexity index is 621. The lowest BCUT2D eigenvalue weighted by Crippen LogP contribution is -2.31. The van der Waals surface area contributed by atoms with Crippen LogP contribution in [0, 0.1) is 19.3 Å². The second-order valence-corrected chi connectivity index (χ2v) is 4.12. The van der Waals surface area contributed by atoms with E-state index in [4.69, 9.17) is 6.42 Å². The molecule has 1 amide bonds. The van der Waals surface area contributed by atoms with Gasteiger partial charge in [-0.1, -0.05) is 18.1 Å². The molecule has 4 nitrogen and oxygen atoms in total. The molecule has 1 atom stereocenters. The van der Waals surface area contributed by atoms with Gasteiger partial charge in [0.05, 0.1) is 17.6 Å². The Morgan fingerprint density at radius 2 is 2.28 bits per heavy atom. The standard InChI is InChI=1S/C14H15N3O/c1-4-9-15-14(18)10(2)17-11(3)16-12-7-5-6-8-13(12)17/h1,5-8,10H,9H2,2-3H3,(H,15,18). The number of hydrogen-bond acceptors (Lipinski definition) is 2. The van der Waals surface area contributed by atoms with Crippen LogP contribution in [0.4, 0.5) is 0 Å². The number of benzene rings is 1. The summed E-state index contributed by atoms with van der Waals surface area (Å²) in [6, 6.07) is 7.44. The Balaban J connectivity index is 2.38. The first kappa shape index (κ1) is 12.2. The molecule has 2 aromatic rings. The fraction of sp³-hybridized carbons (Fsp3) is 0.286. The Morgan fingerprint density at radius 1 is 1.56 bits per heavy atom. The summed E-state index contributed by atoms with van der Waals surface area (Å²) < 4.78 is 1.92. The minimum atomic E-state index is -0.328. The molecule has 1 heterocycles. The van der Waals surface area contributed by atoms with Crippen LogP contribution in [-0.2, 0) is 4.79 Å². The van der Waals surface area contributed by atoms with Crippen LogP contribution >= 0.6 is 0 Å². The van der Waals surface area contributed by atoms with E-state index in [2.05, 4.69) is 16.2 Å². The number of nitrogens with one attached hydrogen (secondary N) is 1. The molecular weight excluding hydrogens is 226 g/mol. The summed E-state index contributed by atoms with van der Waals surface area (Å²) in [7, 11) is 0. The number of carbonyl (C=O) groups excluding carboxylic acids is 1. The number of para-hydroxylation sites is 2. The largest absolute Gasteiger partial charge is 0.343 e. The molecule has 1 unspecified atom stereocenters. The van der Waals surface area contributed by atoms with Crippen molar-refractivity contribution in [2.45, 2.75) is 19.9 Å². The zero-order valence-corrected chi connectivity index (χ0v) is 10.5. The van der Waals surface area contributed by atoms with Gasteiger partial charge in [0.25, 0.3) is 0 Å². The van der Waals surface area contributed by atoms with Crippen molar-refractivity contribution in [1.29, 1.82) is 0 Å². The van der Waals surface area contributed by atoms with Crippen molar-refractivity contribution in [3.8, 4) is 12.3 Å². The molecule has 0 aliphatic heterocycles. The molecule has 1 aromatic carbocycles. The average molecular weight is 241 g/mol. The van der Waals surface area contributed by atoms with E-state index in [1.165, 1.54) is 0 Å². The predicted molar refractivity (Wildman–Crippen MR) is 71.0 cm³/mol. The maximum Gasteiger partial charge on any atom is 0.243 e. The molecule has 1 aromatic heterocycles. The van der Waals surface area contributed by atoms with Crippen LogP contribution in [0.2, 0.25) is 0 Å². The van der Waals surface area contributed by atoms with E-state index >= 15 is 0 Å². The number of imidazole rings is 1. The fourth-order valence-corrected chi connectivity index (χ4v) is 2.06. The van der Waals surface area contributed by atoms with Crippen molar-refractivity contribution in [1.82, 2.24) is 14.9 Å². The van der Waals surface area contributed by atoms with Gasteiger partial charge in [-0.15, -0.1) is 6.42 Å². The van der Waals surface area contributed by atoms with Crippen molar-refractivity contribution in [3.63, 3.8) is 0 Å². The molecule has 92 valence electrons. The monoisotopic (exact) mass is 241 g/mol. The van der Waals surface area contributed by atoms with E-state index in [0.717, 1.165) is 16.9 Å². The quantitative estimate of drug-likeness (QED) is 0.831. The SMILES string of the molecule is C#CCNC(=O)C(C)n1c(C)nc2ccccc21. The Morgan fingerprint density at radius 3 is 3.00 bits per heavy atom. The fourth-order valence-electron chi connectivity index (χ4n) is 2.06. The van der Waals surface area contributed by atoms with Crippen LogP contribution in [0.25, 0.3) is 11.0 Å². The Labute approximate surface area is 106 Å². The molecule has 2 rings (SSSR count). The summed E-state index contributed by atoms with van der Waals surface area (Å²) in [5.41, 5.74) is 1.85. The first-order chi connectivity index (χ1) is 8.65. The number of fused-ring (bicyclic) bond motifs is 1. The zero-order valence-electron chi connectivity index (χ0n) is 10.5. The van der Waals surface area contributed by atoms with Crippen LogP contribution in [0.5, 0.6) is 0 Å². The van der Waals surface area contributed by atoms with Gasteiger partial charge in [-0.05, 0) is 26.0 Å². The van der Waals surface area contributed by atoms with Crippen LogP contribution < -0.4 is 5.32 Å². The summed E-state index contributed by atoms with van der Waals surface area (Å²) >= 11 is 0. The third-order valence-corrected chi connectivity index (χ3v) is 2.90. The first-order valence-corrected chi connectivity index (χ1v) is 5.80. The summed E-state index contributed by atoms with van der Waals surface area (Å²) in [6.45, 7) is 3.98. The van der Waals surface area contributed by atoms with Gasteiger partial charge in [-0.2, -0.15) is 0 Å². The molecule has 1 N–H and O–H groups in total. The van der Waals surface area contributed by atoms with E-state index in [1.807, 2.05) is 42.7 Å². The summed E-state index contributed by atoms with van der Waals surface area (Å²) in [6.07, 6.45) is 5.13. The number of aromatic nitrogens is 2. The third kappa shape index (κ3) is 2.07. The zero-order chi connectivity index (χ0) is 13.1. The lowest BCUT2D eigenvalue weighted by atomic mass is 10.2. The number of carbonyl (C=O) groups is 1. The summed E-state index contributed by atoms with van der Waals surface area (Å²) in [5.74, 6) is 3.11. The van der Waals surface area contributed by atoms with E-state index in [0.29, 0.717) is 0 Å². The number of aryl methyl sites for hydroxylation is 1. The molecule has 0 aliphatic carbocycles. The lowest BCUT2D eigenvalue weighted by Gasteiger charge is -2.15. The second-order valence-electron chi connectivity index (χ2n) is 4.12. The smallest absolute Gasteiger partial charge is 0.243 e. The minimum Gasteiger partial charge on any atom is -0.343 e. The van der Waals surface area contributed by atoms with E-state index in [-0.39, 0.29) is 18.5 Å². The van der Waals surface area contributed by atoms with Crippen LogP contribution in [-0.4, -0.2) is 22.0 Å². The average Bonchev–Trinajstić information content (AvgIpc) is 2.70. The molecule has 0 fully saturated rings. The third-order valence-electron chi connectivity index (χ3n) is 2.90. The van der Waals surface area contributed by atoms with Gasteiger partial charge in [0.2, 0.25) is 5.91 Å². The molecule has 0 saturated heterocycles. The van der Waals surface area contributed by atoms with E-state index in [9.17, 15) is 4.79 Å². The van der Waals surface area contributed by atoms with Crippen molar-refractivity contribution >= 4 is 16.9 Å². The van der Waals surface area contributed by atoms with Gasteiger partial charge in [-0.3, -0.25) is 4.79 Å². The number of hydrogen-bond donors (Lipinski definition) is 1. The van der Waals surface area contributed by atoms with Gasteiger partial charge in [0.15, 0.2) is 0 Å². The maximum atomic E-state index is 11.9. The molecule has 0 bridgehead atoms. The molecule has 18 heavy (non-hydrogen) atoms. The Hall–Kier alpha value is -2.28. The van der Waals surface area contributed by atoms with Crippen molar-refractivity contribution in [3.05, 3.63) is 30.1 Å². The molecule has 0 spiro atoms. The van der Waals surface area contributed by atoms with Crippen LogP contribution in [0.1, 0.15) is 18.8 Å². The molecule has 0 saturated carbocycles. The van der Waals surface area contributed by atoms with Crippen molar-refractivity contribution in [2.24, 2.45) is 0 Å². The Kier molecular flexibility index (Phi) is 3.33. The molecule has 4 heteroatoms. The highest BCUT2D eigenvalue weighted by atomic mass is 16.2. The highest BCUT2D eigenvalue weighted by Gasteiger charge is 2.18. The highest BCUT2D eigenvalue weighted by molar-refractivity contribution is 5.84. The number of rotatable bonds is 3. The normalized spacial score (nSPS) is 12.1. The van der Waals surface area contributed by atoms with Gasteiger partial charge in [0.1, 0.15) is 11.9 Å². The minimum absolute atomic E-state index is 0.0980.